The molecule has 0 amide bonds. The van der Waals surface area contributed by atoms with Crippen LogP contribution in [0.4, 0.5) is 5.82 Å². The Labute approximate surface area is 116 Å². The van der Waals surface area contributed by atoms with Crippen LogP contribution >= 0.6 is 0 Å². The van der Waals surface area contributed by atoms with Gasteiger partial charge in [0, 0.05) is 19.3 Å². The highest BCUT2D eigenvalue weighted by atomic mass is 15.2. The summed E-state index contributed by atoms with van der Waals surface area (Å²) in [5.41, 5.74) is 0.697. The second-order valence-corrected chi connectivity index (χ2v) is 5.89. The molecule has 1 aromatic rings. The summed E-state index contributed by atoms with van der Waals surface area (Å²) >= 11 is 0. The number of aromatic nitrogens is 1. The van der Waals surface area contributed by atoms with Gasteiger partial charge in [-0.25, -0.2) is 4.98 Å². The van der Waals surface area contributed by atoms with E-state index in [-0.39, 0.29) is 0 Å². The third kappa shape index (κ3) is 3.70. The minimum atomic E-state index is 0.697. The Morgan fingerprint density at radius 1 is 1.42 bits per heavy atom. The second kappa shape index (κ2) is 6.56. The van der Waals surface area contributed by atoms with Crippen molar-refractivity contribution in [3.05, 3.63) is 23.9 Å². The van der Waals surface area contributed by atoms with Crippen LogP contribution in [0.2, 0.25) is 0 Å². The van der Waals surface area contributed by atoms with Gasteiger partial charge in [-0.05, 0) is 36.8 Å². The van der Waals surface area contributed by atoms with E-state index in [2.05, 4.69) is 29.8 Å². The molecular formula is C16H23N3. The van der Waals surface area contributed by atoms with Crippen molar-refractivity contribution in [2.45, 2.75) is 39.5 Å². The molecule has 0 bridgehead atoms. The maximum Gasteiger partial charge on any atom is 0.146 e. The van der Waals surface area contributed by atoms with E-state index in [9.17, 15) is 0 Å². The number of nitriles is 1. The van der Waals surface area contributed by atoms with E-state index in [0.29, 0.717) is 5.56 Å². The van der Waals surface area contributed by atoms with Gasteiger partial charge in [-0.1, -0.05) is 26.7 Å². The van der Waals surface area contributed by atoms with Crippen LogP contribution in [0, 0.1) is 23.2 Å². The molecule has 0 aliphatic carbocycles. The van der Waals surface area contributed by atoms with Gasteiger partial charge in [0.25, 0.3) is 0 Å². The molecule has 0 N–H and O–H groups in total. The Bertz CT molecular complexity index is 440. The number of hydrogen-bond acceptors (Lipinski definition) is 3. The van der Waals surface area contributed by atoms with Crippen molar-refractivity contribution in [2.75, 3.05) is 18.0 Å². The number of nitrogens with zero attached hydrogens (tertiary/aromatic N) is 3. The Hall–Kier alpha value is -1.56. The van der Waals surface area contributed by atoms with Crippen LogP contribution in [-0.4, -0.2) is 18.1 Å². The lowest BCUT2D eigenvalue weighted by Crippen LogP contribution is -2.34. The van der Waals surface area contributed by atoms with Crippen LogP contribution in [0.15, 0.2) is 18.3 Å². The van der Waals surface area contributed by atoms with Crippen LogP contribution in [0.3, 0.4) is 0 Å². The standard InChI is InChI=1S/C16H23N3/c1-13(2)5-6-14-7-10-19(11-8-14)16-15(12-17)4-3-9-18-16/h3-4,9,13-14H,5-8,10-11H2,1-2H3. The van der Waals surface area contributed by atoms with Crippen LogP contribution in [0.5, 0.6) is 0 Å². The maximum absolute atomic E-state index is 9.13. The average molecular weight is 257 g/mol. The molecule has 0 aromatic carbocycles. The average Bonchev–Trinajstić information content (AvgIpc) is 2.45. The normalized spacial score (nSPS) is 16.6. The van der Waals surface area contributed by atoms with E-state index < -0.39 is 0 Å². The lowest BCUT2D eigenvalue weighted by atomic mass is 9.89. The number of piperidine rings is 1. The van der Waals surface area contributed by atoms with Crippen LogP contribution in [-0.2, 0) is 0 Å². The van der Waals surface area contributed by atoms with Crippen molar-refractivity contribution in [1.29, 1.82) is 5.26 Å². The Morgan fingerprint density at radius 3 is 2.79 bits per heavy atom. The zero-order valence-electron chi connectivity index (χ0n) is 12.0. The van der Waals surface area contributed by atoms with E-state index in [0.717, 1.165) is 30.7 Å². The fourth-order valence-electron chi connectivity index (χ4n) is 2.74. The molecule has 1 aliphatic heterocycles. The number of rotatable bonds is 4. The first-order valence-electron chi connectivity index (χ1n) is 7.30. The smallest absolute Gasteiger partial charge is 0.146 e. The first-order chi connectivity index (χ1) is 9.20. The lowest BCUT2D eigenvalue weighted by molar-refractivity contribution is 0.351. The fraction of sp³-hybridized carbons (Fsp3) is 0.625. The van der Waals surface area contributed by atoms with Gasteiger partial charge in [-0.2, -0.15) is 5.26 Å². The molecule has 0 saturated carbocycles. The van der Waals surface area contributed by atoms with E-state index in [4.69, 9.17) is 5.26 Å². The highest BCUT2D eigenvalue weighted by molar-refractivity contribution is 5.53. The van der Waals surface area contributed by atoms with Crippen molar-refractivity contribution < 1.29 is 0 Å². The van der Waals surface area contributed by atoms with Gasteiger partial charge in [0.2, 0.25) is 0 Å². The summed E-state index contributed by atoms with van der Waals surface area (Å²) in [7, 11) is 0. The summed E-state index contributed by atoms with van der Waals surface area (Å²) in [5.74, 6) is 2.53. The summed E-state index contributed by atoms with van der Waals surface area (Å²) in [6.07, 6.45) is 6.92. The zero-order valence-corrected chi connectivity index (χ0v) is 12.0. The first-order valence-corrected chi connectivity index (χ1v) is 7.30. The molecule has 0 unspecified atom stereocenters. The van der Waals surface area contributed by atoms with Gasteiger partial charge in [0.15, 0.2) is 0 Å². The fourth-order valence-corrected chi connectivity index (χ4v) is 2.74. The van der Waals surface area contributed by atoms with E-state index >= 15 is 0 Å². The molecule has 1 saturated heterocycles. The molecule has 0 spiro atoms. The minimum absolute atomic E-state index is 0.697. The van der Waals surface area contributed by atoms with Crippen LogP contribution in [0.1, 0.15) is 45.1 Å². The number of anilines is 1. The van der Waals surface area contributed by atoms with Crippen molar-refractivity contribution in [3.63, 3.8) is 0 Å². The zero-order chi connectivity index (χ0) is 13.7. The van der Waals surface area contributed by atoms with Gasteiger partial charge < -0.3 is 4.90 Å². The van der Waals surface area contributed by atoms with Crippen LogP contribution < -0.4 is 4.90 Å². The van der Waals surface area contributed by atoms with Gasteiger partial charge in [-0.15, -0.1) is 0 Å². The second-order valence-electron chi connectivity index (χ2n) is 5.89. The number of hydrogen-bond donors (Lipinski definition) is 0. The summed E-state index contributed by atoms with van der Waals surface area (Å²) in [6.45, 7) is 6.66. The molecule has 0 atom stereocenters. The van der Waals surface area contributed by atoms with Crippen molar-refractivity contribution in [3.8, 4) is 6.07 Å². The van der Waals surface area contributed by atoms with E-state index in [1.807, 2.05) is 12.1 Å². The van der Waals surface area contributed by atoms with Gasteiger partial charge in [0.05, 0.1) is 5.56 Å². The SMILES string of the molecule is CC(C)CCC1CCN(c2ncccc2C#N)CC1. The van der Waals surface area contributed by atoms with Crippen molar-refractivity contribution >= 4 is 5.82 Å². The predicted molar refractivity (Wildman–Crippen MR) is 78.0 cm³/mol. The Kier molecular flexibility index (Phi) is 4.79. The Morgan fingerprint density at radius 2 is 2.16 bits per heavy atom. The van der Waals surface area contributed by atoms with Crippen LogP contribution in [0.25, 0.3) is 0 Å². The Balaban J connectivity index is 1.91. The predicted octanol–water partition coefficient (Wildman–Crippen LogP) is 3.61. The van der Waals surface area contributed by atoms with Crippen molar-refractivity contribution in [1.82, 2.24) is 4.98 Å². The molecule has 1 aliphatic rings. The topological polar surface area (TPSA) is 39.9 Å². The molecule has 2 rings (SSSR count). The molecule has 1 aromatic heterocycles. The molecule has 19 heavy (non-hydrogen) atoms. The highest BCUT2D eigenvalue weighted by Gasteiger charge is 2.21. The summed E-state index contributed by atoms with van der Waals surface area (Å²) in [5, 5.41) is 9.13. The highest BCUT2D eigenvalue weighted by Crippen LogP contribution is 2.27. The van der Waals surface area contributed by atoms with Crippen molar-refractivity contribution in [2.24, 2.45) is 11.8 Å². The maximum atomic E-state index is 9.13. The monoisotopic (exact) mass is 257 g/mol. The molecule has 2 heterocycles. The minimum Gasteiger partial charge on any atom is -0.356 e. The van der Waals surface area contributed by atoms with Gasteiger partial charge in [-0.3, -0.25) is 0 Å². The molecular weight excluding hydrogens is 234 g/mol. The molecule has 3 nitrogen and oxygen atoms in total. The summed E-state index contributed by atoms with van der Waals surface area (Å²) in [4.78, 5) is 6.64. The van der Waals surface area contributed by atoms with Gasteiger partial charge in [0.1, 0.15) is 11.9 Å². The molecule has 1 fully saturated rings. The first kappa shape index (κ1) is 13.9. The molecule has 0 radical (unpaired) electrons. The third-order valence-corrected chi connectivity index (χ3v) is 3.97. The van der Waals surface area contributed by atoms with E-state index in [1.165, 1.54) is 25.7 Å². The molecule has 3 heteroatoms. The van der Waals surface area contributed by atoms with Gasteiger partial charge >= 0.3 is 0 Å². The lowest BCUT2D eigenvalue weighted by Gasteiger charge is -2.33. The summed E-state index contributed by atoms with van der Waals surface area (Å²) < 4.78 is 0. The molecule has 102 valence electrons. The van der Waals surface area contributed by atoms with E-state index in [1.54, 1.807) is 6.20 Å². The third-order valence-electron chi connectivity index (χ3n) is 3.97. The quantitative estimate of drug-likeness (QED) is 0.827. The summed E-state index contributed by atoms with van der Waals surface area (Å²) in [6, 6.07) is 5.93. The number of pyridine rings is 1. The largest absolute Gasteiger partial charge is 0.356 e.